The predicted octanol–water partition coefficient (Wildman–Crippen LogP) is 1.45. The van der Waals surface area contributed by atoms with Gasteiger partial charge < -0.3 is 10.2 Å². The van der Waals surface area contributed by atoms with Gasteiger partial charge in [-0.25, -0.2) is 0 Å². The van der Waals surface area contributed by atoms with Crippen LogP contribution in [0.2, 0.25) is 0 Å². The lowest BCUT2D eigenvalue weighted by Crippen LogP contribution is -2.37. The lowest BCUT2D eigenvalue weighted by atomic mass is 9.72. The fraction of sp³-hybridized carbons (Fsp3) is 0.562. The summed E-state index contributed by atoms with van der Waals surface area (Å²) in [5.74, 6) is -0.402. The number of amides is 1. The molecule has 1 amide bonds. The van der Waals surface area contributed by atoms with Gasteiger partial charge >= 0.3 is 0 Å². The van der Waals surface area contributed by atoms with Gasteiger partial charge in [0.05, 0.1) is 5.70 Å². The number of rotatable bonds is 4. The first kappa shape index (κ1) is 17.1. The zero-order chi connectivity index (χ0) is 16.5. The molecule has 0 unspecified atom stereocenters. The molecule has 0 aromatic carbocycles. The van der Waals surface area contributed by atoms with Gasteiger partial charge in [0.2, 0.25) is 11.7 Å². The summed E-state index contributed by atoms with van der Waals surface area (Å²) in [6.07, 6.45) is 0.182. The van der Waals surface area contributed by atoms with E-state index in [2.05, 4.69) is 5.32 Å². The zero-order valence-corrected chi connectivity index (χ0v) is 13.9. The standard InChI is InChI=1S/C16H24N2O3/c1-9-12(16(3,4)8-11(19)18(6)7)15(21)13(17-5)10(2)14(9)20/h17H,8H2,1-7H3. The molecular weight excluding hydrogens is 268 g/mol. The number of allylic oxidation sites excluding steroid dienone is 3. The van der Waals surface area contributed by atoms with Crippen LogP contribution < -0.4 is 5.32 Å². The quantitative estimate of drug-likeness (QED) is 0.797. The molecule has 0 aromatic heterocycles. The Labute approximate surface area is 126 Å². The minimum absolute atomic E-state index is 0.0715. The first-order chi connectivity index (χ1) is 9.54. The van der Waals surface area contributed by atoms with Crippen molar-refractivity contribution in [2.45, 2.75) is 34.1 Å². The van der Waals surface area contributed by atoms with Crippen molar-refractivity contribution in [3.05, 3.63) is 22.4 Å². The summed E-state index contributed by atoms with van der Waals surface area (Å²) >= 11 is 0. The normalized spacial score (nSPS) is 16.5. The topological polar surface area (TPSA) is 66.5 Å². The molecule has 116 valence electrons. The van der Waals surface area contributed by atoms with Crippen LogP contribution in [-0.4, -0.2) is 43.5 Å². The minimum atomic E-state index is -0.693. The van der Waals surface area contributed by atoms with E-state index in [9.17, 15) is 14.4 Å². The van der Waals surface area contributed by atoms with E-state index in [1.165, 1.54) is 4.90 Å². The number of nitrogens with zero attached hydrogens (tertiary/aromatic N) is 1. The Balaban J connectivity index is 3.31. The fourth-order valence-corrected chi connectivity index (χ4v) is 2.71. The average Bonchev–Trinajstić information content (AvgIpc) is 2.35. The lowest BCUT2D eigenvalue weighted by molar-refractivity contribution is -0.130. The highest BCUT2D eigenvalue weighted by Gasteiger charge is 2.39. The Kier molecular flexibility index (Phi) is 4.76. The van der Waals surface area contributed by atoms with Crippen molar-refractivity contribution in [3.8, 4) is 0 Å². The second kappa shape index (κ2) is 5.84. The van der Waals surface area contributed by atoms with Crippen LogP contribution in [0.4, 0.5) is 0 Å². The van der Waals surface area contributed by atoms with E-state index in [0.29, 0.717) is 22.4 Å². The maximum absolute atomic E-state index is 12.7. The molecule has 1 aliphatic rings. The summed E-state index contributed by atoms with van der Waals surface area (Å²) in [4.78, 5) is 38.5. The highest BCUT2D eigenvalue weighted by Crippen LogP contribution is 2.38. The van der Waals surface area contributed by atoms with E-state index in [0.717, 1.165) is 0 Å². The van der Waals surface area contributed by atoms with E-state index in [1.807, 2.05) is 13.8 Å². The molecule has 0 saturated carbocycles. The Morgan fingerprint density at radius 3 is 2.05 bits per heavy atom. The van der Waals surface area contributed by atoms with Gasteiger partial charge in [-0.05, 0) is 13.8 Å². The van der Waals surface area contributed by atoms with Crippen molar-refractivity contribution in [1.29, 1.82) is 0 Å². The largest absolute Gasteiger partial charge is 0.385 e. The highest BCUT2D eigenvalue weighted by atomic mass is 16.2. The molecule has 0 aliphatic heterocycles. The van der Waals surface area contributed by atoms with E-state index < -0.39 is 5.41 Å². The summed E-state index contributed by atoms with van der Waals surface area (Å²) < 4.78 is 0. The highest BCUT2D eigenvalue weighted by molar-refractivity contribution is 6.25. The first-order valence-electron chi connectivity index (χ1n) is 6.94. The van der Waals surface area contributed by atoms with Crippen molar-refractivity contribution in [2.75, 3.05) is 21.1 Å². The van der Waals surface area contributed by atoms with Crippen LogP contribution in [0.5, 0.6) is 0 Å². The van der Waals surface area contributed by atoms with E-state index in [1.54, 1.807) is 35.0 Å². The third-order valence-electron chi connectivity index (χ3n) is 3.90. The predicted molar refractivity (Wildman–Crippen MR) is 81.6 cm³/mol. The molecule has 5 nitrogen and oxygen atoms in total. The number of carbonyl (C=O) groups is 3. The third kappa shape index (κ3) is 3.06. The van der Waals surface area contributed by atoms with Crippen LogP contribution in [0.3, 0.4) is 0 Å². The van der Waals surface area contributed by atoms with Crippen LogP contribution in [0, 0.1) is 5.41 Å². The summed E-state index contributed by atoms with van der Waals surface area (Å²) in [7, 11) is 4.98. The molecule has 5 heteroatoms. The molecule has 0 radical (unpaired) electrons. The maximum Gasteiger partial charge on any atom is 0.222 e. The van der Waals surface area contributed by atoms with Gasteiger partial charge in [-0.2, -0.15) is 0 Å². The fourth-order valence-electron chi connectivity index (χ4n) is 2.71. The van der Waals surface area contributed by atoms with Crippen molar-refractivity contribution in [2.24, 2.45) is 5.41 Å². The lowest BCUT2D eigenvalue weighted by Gasteiger charge is -2.32. The molecule has 0 saturated heterocycles. The third-order valence-corrected chi connectivity index (χ3v) is 3.90. The summed E-state index contributed by atoms with van der Waals surface area (Å²) in [6, 6.07) is 0. The van der Waals surface area contributed by atoms with Gasteiger partial charge in [0.1, 0.15) is 0 Å². The number of nitrogens with one attached hydrogen (secondary N) is 1. The molecule has 0 spiro atoms. The Bertz CT molecular complexity index is 566. The van der Waals surface area contributed by atoms with Gasteiger partial charge in [0.25, 0.3) is 0 Å². The summed E-state index contributed by atoms with van der Waals surface area (Å²) in [5.41, 5.74) is 0.927. The van der Waals surface area contributed by atoms with E-state index in [4.69, 9.17) is 0 Å². The first-order valence-corrected chi connectivity index (χ1v) is 6.94. The number of Topliss-reactive ketones (excluding diaryl/α,β-unsaturated/α-hetero) is 2. The number of ketones is 2. The van der Waals surface area contributed by atoms with Crippen molar-refractivity contribution in [1.82, 2.24) is 10.2 Å². The SMILES string of the molecule is CNC1=C(C)C(=O)C(C)=C(C(C)(C)CC(=O)N(C)C)C1=O. The van der Waals surface area contributed by atoms with Crippen molar-refractivity contribution < 1.29 is 14.4 Å². The molecular formula is C16H24N2O3. The Hall–Kier alpha value is -1.91. The van der Waals surface area contributed by atoms with Crippen LogP contribution in [-0.2, 0) is 14.4 Å². The number of carbonyl (C=O) groups excluding carboxylic acids is 3. The molecule has 1 rings (SSSR count). The van der Waals surface area contributed by atoms with Crippen molar-refractivity contribution in [3.63, 3.8) is 0 Å². The Morgan fingerprint density at radius 2 is 1.62 bits per heavy atom. The number of likely N-dealkylation sites (N-methyl/N-ethyl adjacent to an activating group) is 1. The summed E-state index contributed by atoms with van der Waals surface area (Å²) in [6.45, 7) is 6.95. The molecule has 0 atom stereocenters. The number of hydrogen-bond donors (Lipinski definition) is 1. The van der Waals surface area contributed by atoms with Crippen molar-refractivity contribution >= 4 is 17.5 Å². The average molecular weight is 292 g/mol. The number of hydrogen-bond acceptors (Lipinski definition) is 4. The smallest absolute Gasteiger partial charge is 0.222 e. The van der Waals surface area contributed by atoms with Gasteiger partial charge in [0.15, 0.2) is 5.78 Å². The molecule has 0 bridgehead atoms. The minimum Gasteiger partial charge on any atom is -0.385 e. The maximum atomic E-state index is 12.7. The van der Waals surface area contributed by atoms with Gasteiger partial charge in [-0.15, -0.1) is 0 Å². The molecule has 0 fully saturated rings. The van der Waals surface area contributed by atoms with Crippen LogP contribution >= 0.6 is 0 Å². The molecule has 0 aromatic rings. The van der Waals surface area contributed by atoms with Crippen LogP contribution in [0.15, 0.2) is 22.4 Å². The van der Waals surface area contributed by atoms with Gasteiger partial charge in [-0.1, -0.05) is 13.8 Å². The molecule has 0 heterocycles. The second-order valence-electron chi connectivity index (χ2n) is 6.26. The van der Waals surface area contributed by atoms with Crippen LogP contribution in [0.25, 0.3) is 0 Å². The molecule has 1 aliphatic carbocycles. The monoisotopic (exact) mass is 292 g/mol. The summed E-state index contributed by atoms with van der Waals surface area (Å²) in [5, 5.41) is 2.81. The van der Waals surface area contributed by atoms with E-state index >= 15 is 0 Å². The second-order valence-corrected chi connectivity index (χ2v) is 6.26. The Morgan fingerprint density at radius 1 is 1.10 bits per heavy atom. The van der Waals surface area contributed by atoms with Gasteiger partial charge in [-0.3, -0.25) is 14.4 Å². The van der Waals surface area contributed by atoms with E-state index in [-0.39, 0.29) is 23.9 Å². The van der Waals surface area contributed by atoms with Crippen LogP contribution in [0.1, 0.15) is 34.1 Å². The molecule has 1 N–H and O–H groups in total. The zero-order valence-electron chi connectivity index (χ0n) is 13.9. The molecule has 21 heavy (non-hydrogen) atoms. The van der Waals surface area contributed by atoms with Gasteiger partial charge in [0, 0.05) is 49.7 Å².